The van der Waals surface area contributed by atoms with Gasteiger partial charge in [-0.3, -0.25) is 0 Å². The van der Waals surface area contributed by atoms with E-state index in [2.05, 4.69) is 32.8 Å². The second kappa shape index (κ2) is 4.89. The van der Waals surface area contributed by atoms with Crippen LogP contribution >= 0.6 is 0 Å². The van der Waals surface area contributed by atoms with Crippen LogP contribution in [0.25, 0.3) is 0 Å². The smallest absolute Gasteiger partial charge is 0.213 e. The van der Waals surface area contributed by atoms with Crippen LogP contribution in [0.4, 0.5) is 0 Å². The highest BCUT2D eigenvalue weighted by molar-refractivity contribution is 5.37. The zero-order valence-electron chi connectivity index (χ0n) is 11.2. The molecule has 0 aromatic carbocycles. The second-order valence-electron chi connectivity index (χ2n) is 5.31. The van der Waals surface area contributed by atoms with Crippen molar-refractivity contribution in [2.45, 2.75) is 65.8 Å². The molecule has 0 radical (unpaired) electrons. The highest BCUT2D eigenvalue weighted by Crippen LogP contribution is 2.34. The summed E-state index contributed by atoms with van der Waals surface area (Å²) >= 11 is 0. The van der Waals surface area contributed by atoms with E-state index in [4.69, 9.17) is 0 Å². The van der Waals surface area contributed by atoms with Crippen molar-refractivity contribution in [2.24, 2.45) is 0 Å². The molecule has 3 nitrogen and oxygen atoms in total. The van der Waals surface area contributed by atoms with Crippen LogP contribution < -0.4 is 0 Å². The van der Waals surface area contributed by atoms with Gasteiger partial charge in [0, 0.05) is 12.1 Å². The van der Waals surface area contributed by atoms with Gasteiger partial charge in [-0.15, -0.1) is 0 Å². The van der Waals surface area contributed by atoms with Crippen molar-refractivity contribution in [3.8, 4) is 5.88 Å². The van der Waals surface area contributed by atoms with E-state index in [-0.39, 0.29) is 5.41 Å². The molecular weight excluding hydrogens is 200 g/mol. The highest BCUT2D eigenvalue weighted by atomic mass is 16.3. The third-order valence-corrected chi connectivity index (χ3v) is 2.81. The predicted octanol–water partition coefficient (Wildman–Crippen LogP) is 3.25. The summed E-state index contributed by atoms with van der Waals surface area (Å²) in [5.74, 6) is 0.348. The van der Waals surface area contributed by atoms with Gasteiger partial charge in [-0.25, -0.2) is 4.68 Å². The van der Waals surface area contributed by atoms with Gasteiger partial charge in [0.25, 0.3) is 0 Å². The minimum absolute atomic E-state index is 0.0411. The first-order valence-corrected chi connectivity index (χ1v) is 6.20. The van der Waals surface area contributed by atoms with E-state index >= 15 is 0 Å². The maximum absolute atomic E-state index is 10.1. The Bertz CT molecular complexity index is 348. The zero-order valence-corrected chi connectivity index (χ0v) is 11.2. The SMILES string of the molecule is CCCCc1nn(CC)c(O)c1C(C)(C)C. The van der Waals surface area contributed by atoms with E-state index in [0.717, 1.165) is 37.1 Å². The van der Waals surface area contributed by atoms with Crippen LogP contribution in [0.5, 0.6) is 5.88 Å². The van der Waals surface area contributed by atoms with Crippen LogP contribution in [0.15, 0.2) is 0 Å². The first-order chi connectivity index (χ1) is 7.41. The minimum atomic E-state index is -0.0411. The Balaban J connectivity index is 3.15. The highest BCUT2D eigenvalue weighted by Gasteiger charge is 2.26. The van der Waals surface area contributed by atoms with Gasteiger partial charge in [0.05, 0.1) is 5.69 Å². The molecule has 92 valence electrons. The normalized spacial score (nSPS) is 12.1. The number of hydrogen-bond donors (Lipinski definition) is 1. The third kappa shape index (κ3) is 2.57. The number of rotatable bonds is 4. The van der Waals surface area contributed by atoms with Gasteiger partial charge < -0.3 is 5.11 Å². The van der Waals surface area contributed by atoms with E-state index < -0.39 is 0 Å². The van der Waals surface area contributed by atoms with Gasteiger partial charge in [-0.2, -0.15) is 5.10 Å². The number of aryl methyl sites for hydroxylation is 2. The Hall–Kier alpha value is -0.990. The fourth-order valence-corrected chi connectivity index (χ4v) is 2.01. The Morgan fingerprint density at radius 3 is 2.31 bits per heavy atom. The number of aromatic nitrogens is 2. The molecule has 0 atom stereocenters. The van der Waals surface area contributed by atoms with Crippen molar-refractivity contribution in [1.29, 1.82) is 0 Å². The lowest BCUT2D eigenvalue weighted by atomic mass is 9.86. The lowest BCUT2D eigenvalue weighted by Gasteiger charge is -2.18. The van der Waals surface area contributed by atoms with Gasteiger partial charge in [0.15, 0.2) is 0 Å². The molecule has 1 aromatic rings. The Labute approximate surface area is 98.5 Å². The summed E-state index contributed by atoms with van der Waals surface area (Å²) in [4.78, 5) is 0. The van der Waals surface area contributed by atoms with Gasteiger partial charge >= 0.3 is 0 Å². The zero-order chi connectivity index (χ0) is 12.3. The minimum Gasteiger partial charge on any atom is -0.493 e. The molecule has 0 bridgehead atoms. The fourth-order valence-electron chi connectivity index (χ4n) is 2.01. The molecule has 0 spiro atoms. The Morgan fingerprint density at radius 1 is 1.25 bits per heavy atom. The molecule has 1 aromatic heterocycles. The lowest BCUT2D eigenvalue weighted by molar-refractivity contribution is 0.389. The monoisotopic (exact) mass is 224 g/mol. The largest absolute Gasteiger partial charge is 0.493 e. The van der Waals surface area contributed by atoms with Crippen LogP contribution in [0.3, 0.4) is 0 Å². The molecule has 1 heterocycles. The van der Waals surface area contributed by atoms with Crippen LogP contribution in [-0.4, -0.2) is 14.9 Å². The van der Waals surface area contributed by atoms with Crippen molar-refractivity contribution in [3.05, 3.63) is 11.3 Å². The molecule has 16 heavy (non-hydrogen) atoms. The van der Waals surface area contributed by atoms with Crippen LogP contribution in [0.2, 0.25) is 0 Å². The fraction of sp³-hybridized carbons (Fsp3) is 0.769. The average molecular weight is 224 g/mol. The summed E-state index contributed by atoms with van der Waals surface area (Å²) in [6.07, 6.45) is 3.25. The standard InChI is InChI=1S/C13H24N2O/c1-6-8-9-10-11(13(3,4)5)12(16)15(7-2)14-10/h16H,6-9H2,1-5H3. The first kappa shape index (κ1) is 13.1. The van der Waals surface area contributed by atoms with Gasteiger partial charge in [0.2, 0.25) is 5.88 Å². The van der Waals surface area contributed by atoms with E-state index in [1.54, 1.807) is 4.68 Å². The third-order valence-electron chi connectivity index (χ3n) is 2.81. The molecule has 1 N–H and O–H groups in total. The molecule has 0 saturated carbocycles. The quantitative estimate of drug-likeness (QED) is 0.852. The molecule has 1 rings (SSSR count). The van der Waals surface area contributed by atoms with Crippen molar-refractivity contribution < 1.29 is 5.11 Å². The number of nitrogens with zero attached hydrogens (tertiary/aromatic N) is 2. The lowest BCUT2D eigenvalue weighted by Crippen LogP contribution is -2.13. The molecule has 0 saturated heterocycles. The molecule has 0 aliphatic rings. The van der Waals surface area contributed by atoms with E-state index in [1.165, 1.54) is 0 Å². The molecule has 0 amide bonds. The van der Waals surface area contributed by atoms with Crippen LogP contribution in [-0.2, 0) is 18.4 Å². The Kier molecular flexibility index (Phi) is 4.00. The molecule has 3 heteroatoms. The first-order valence-electron chi connectivity index (χ1n) is 6.20. The summed E-state index contributed by atoms with van der Waals surface area (Å²) in [6.45, 7) is 11.3. The molecule has 0 aliphatic heterocycles. The van der Waals surface area contributed by atoms with E-state index in [0.29, 0.717) is 5.88 Å². The van der Waals surface area contributed by atoms with Crippen molar-refractivity contribution in [2.75, 3.05) is 0 Å². The molecule has 0 unspecified atom stereocenters. The van der Waals surface area contributed by atoms with Gasteiger partial charge in [-0.05, 0) is 25.2 Å². The summed E-state index contributed by atoms with van der Waals surface area (Å²) in [5, 5.41) is 14.6. The Morgan fingerprint density at radius 2 is 1.88 bits per heavy atom. The number of unbranched alkanes of at least 4 members (excludes halogenated alkanes) is 1. The van der Waals surface area contributed by atoms with Gasteiger partial charge in [-0.1, -0.05) is 34.1 Å². The molecule has 0 aliphatic carbocycles. The molecule has 0 fully saturated rings. The maximum Gasteiger partial charge on any atom is 0.213 e. The van der Waals surface area contributed by atoms with Crippen molar-refractivity contribution >= 4 is 0 Å². The van der Waals surface area contributed by atoms with E-state index in [1.807, 2.05) is 6.92 Å². The van der Waals surface area contributed by atoms with Crippen LogP contribution in [0.1, 0.15) is 58.7 Å². The predicted molar refractivity (Wildman–Crippen MR) is 66.9 cm³/mol. The van der Waals surface area contributed by atoms with Crippen molar-refractivity contribution in [1.82, 2.24) is 9.78 Å². The topological polar surface area (TPSA) is 38.0 Å². The summed E-state index contributed by atoms with van der Waals surface area (Å²) in [5.41, 5.74) is 2.04. The maximum atomic E-state index is 10.1. The van der Waals surface area contributed by atoms with Crippen molar-refractivity contribution in [3.63, 3.8) is 0 Å². The second-order valence-corrected chi connectivity index (χ2v) is 5.31. The number of aromatic hydroxyl groups is 1. The van der Waals surface area contributed by atoms with Crippen LogP contribution in [0, 0.1) is 0 Å². The average Bonchev–Trinajstić information content (AvgIpc) is 2.51. The summed E-state index contributed by atoms with van der Waals surface area (Å²) in [6, 6.07) is 0. The summed E-state index contributed by atoms with van der Waals surface area (Å²) in [7, 11) is 0. The summed E-state index contributed by atoms with van der Waals surface area (Å²) < 4.78 is 1.70. The van der Waals surface area contributed by atoms with E-state index in [9.17, 15) is 5.11 Å². The molecular formula is C13H24N2O. The van der Waals surface area contributed by atoms with Gasteiger partial charge in [0.1, 0.15) is 0 Å². The number of hydrogen-bond acceptors (Lipinski definition) is 2.